The number of nitrogens with one attached hydrogen (secondary N) is 2. The van der Waals surface area contributed by atoms with E-state index < -0.39 is 5.60 Å². The summed E-state index contributed by atoms with van der Waals surface area (Å²) in [6.45, 7) is 9.27. The Morgan fingerprint density at radius 1 is 1.21 bits per heavy atom. The maximum atomic E-state index is 10.6. The maximum Gasteiger partial charge on any atom is 0.191 e. The van der Waals surface area contributed by atoms with Crippen LogP contribution in [0.4, 0.5) is 0 Å². The molecule has 0 aliphatic heterocycles. The summed E-state index contributed by atoms with van der Waals surface area (Å²) in [5.41, 5.74) is 1.17. The molecule has 0 aliphatic carbocycles. The second kappa shape index (κ2) is 11.3. The predicted molar refractivity (Wildman–Crippen MR) is 124 cm³/mol. The van der Waals surface area contributed by atoms with Gasteiger partial charge in [-0.1, -0.05) is 12.1 Å². The number of rotatable bonds is 8. The molecule has 0 aliphatic rings. The summed E-state index contributed by atoms with van der Waals surface area (Å²) in [6.07, 6.45) is 0.842. The molecule has 0 saturated heterocycles. The molecule has 2 aromatic rings. The number of furan rings is 1. The number of methoxy groups -OCH3 is 1. The number of halogens is 1. The van der Waals surface area contributed by atoms with E-state index in [1.165, 1.54) is 5.56 Å². The second-order valence-electron chi connectivity index (χ2n) is 6.86. The Morgan fingerprint density at radius 3 is 2.57 bits per heavy atom. The first kappa shape index (κ1) is 24.3. The fourth-order valence-electron chi connectivity index (χ4n) is 2.72. The van der Waals surface area contributed by atoms with Gasteiger partial charge in [0.15, 0.2) is 5.96 Å². The largest absolute Gasteiger partial charge is 0.496 e. The molecule has 0 saturated carbocycles. The zero-order valence-electron chi connectivity index (χ0n) is 17.3. The van der Waals surface area contributed by atoms with Crippen LogP contribution in [0.5, 0.6) is 5.75 Å². The van der Waals surface area contributed by atoms with Gasteiger partial charge in [-0.25, -0.2) is 4.99 Å². The third kappa shape index (κ3) is 7.01. The summed E-state index contributed by atoms with van der Waals surface area (Å²) in [5, 5.41) is 17.1. The highest BCUT2D eigenvalue weighted by Gasteiger charge is 2.26. The number of benzene rings is 1. The molecular formula is C21H32IN3O3. The van der Waals surface area contributed by atoms with E-state index in [0.29, 0.717) is 11.7 Å². The highest BCUT2D eigenvalue weighted by Crippen LogP contribution is 2.23. The van der Waals surface area contributed by atoms with Gasteiger partial charge in [-0.2, -0.15) is 0 Å². The van der Waals surface area contributed by atoms with Gasteiger partial charge in [-0.15, -0.1) is 24.0 Å². The molecule has 6 nitrogen and oxygen atoms in total. The van der Waals surface area contributed by atoms with E-state index in [1.54, 1.807) is 20.1 Å². The average molecular weight is 501 g/mol. The maximum absolute atomic E-state index is 10.6. The molecule has 2 rings (SSSR count). The number of ether oxygens (including phenoxy) is 1. The van der Waals surface area contributed by atoms with Crippen molar-refractivity contribution in [2.45, 2.75) is 39.7 Å². The molecular weight excluding hydrogens is 469 g/mol. The van der Waals surface area contributed by atoms with Crippen molar-refractivity contribution in [3.05, 3.63) is 53.0 Å². The summed E-state index contributed by atoms with van der Waals surface area (Å²) in [6, 6.07) is 9.86. The molecule has 3 N–H and O–H groups in total. The van der Waals surface area contributed by atoms with Crippen molar-refractivity contribution in [2.24, 2.45) is 4.99 Å². The molecule has 0 radical (unpaired) electrons. The van der Waals surface area contributed by atoms with Crippen LogP contribution in [0.15, 0.2) is 39.7 Å². The lowest BCUT2D eigenvalue weighted by molar-refractivity contribution is 0.0428. The van der Waals surface area contributed by atoms with E-state index in [9.17, 15) is 5.11 Å². The molecule has 1 unspecified atom stereocenters. The Kier molecular flexibility index (Phi) is 9.81. The topological polar surface area (TPSA) is 79.0 Å². The van der Waals surface area contributed by atoms with Crippen molar-refractivity contribution in [3.8, 4) is 5.75 Å². The number of hydrogen-bond donors (Lipinski definition) is 3. The molecule has 1 aromatic heterocycles. The minimum Gasteiger partial charge on any atom is -0.496 e. The fraction of sp³-hybridized carbons (Fsp3) is 0.476. The van der Waals surface area contributed by atoms with Gasteiger partial charge in [0.2, 0.25) is 0 Å². The van der Waals surface area contributed by atoms with Gasteiger partial charge in [0.25, 0.3) is 0 Å². The minimum absolute atomic E-state index is 0. The highest BCUT2D eigenvalue weighted by atomic mass is 127. The molecule has 0 fully saturated rings. The molecule has 1 aromatic carbocycles. The third-order valence-electron chi connectivity index (χ3n) is 4.34. The monoisotopic (exact) mass is 501 g/mol. The quantitative estimate of drug-likeness (QED) is 0.293. The Hall–Kier alpha value is -1.74. The first-order chi connectivity index (χ1) is 12.9. The molecule has 1 atom stereocenters. The minimum atomic E-state index is -1.15. The number of aliphatic hydroxyl groups is 1. The first-order valence-electron chi connectivity index (χ1n) is 9.30. The normalized spacial score (nSPS) is 13.4. The smallest absolute Gasteiger partial charge is 0.191 e. The Bertz CT molecular complexity index is 772. The molecule has 0 spiro atoms. The summed E-state index contributed by atoms with van der Waals surface area (Å²) >= 11 is 0. The van der Waals surface area contributed by atoms with Crippen molar-refractivity contribution >= 4 is 29.9 Å². The van der Waals surface area contributed by atoms with Crippen molar-refractivity contribution in [1.29, 1.82) is 0 Å². The summed E-state index contributed by atoms with van der Waals surface area (Å²) < 4.78 is 10.9. The standard InChI is InChI=1S/C21H31N3O3.HI/c1-6-22-20(24-14-21(4,25)19-10-8-16(3)27-19)23-12-11-17-9-7-15(2)18(13-17)26-5;/h7-10,13,25H,6,11-12,14H2,1-5H3,(H2,22,23,24);1H. The summed E-state index contributed by atoms with van der Waals surface area (Å²) in [5.74, 6) is 2.86. The first-order valence-corrected chi connectivity index (χ1v) is 9.30. The lowest BCUT2D eigenvalue weighted by atomic mass is 10.0. The molecule has 28 heavy (non-hydrogen) atoms. The van der Waals surface area contributed by atoms with Crippen molar-refractivity contribution in [1.82, 2.24) is 10.6 Å². The number of hydrogen-bond acceptors (Lipinski definition) is 4. The van der Waals surface area contributed by atoms with Gasteiger partial charge in [-0.3, -0.25) is 0 Å². The fourth-order valence-corrected chi connectivity index (χ4v) is 2.72. The average Bonchev–Trinajstić information content (AvgIpc) is 3.08. The van der Waals surface area contributed by atoms with E-state index in [2.05, 4.69) is 33.8 Å². The van der Waals surface area contributed by atoms with Crippen LogP contribution in [0.3, 0.4) is 0 Å². The molecule has 1 heterocycles. The third-order valence-corrected chi connectivity index (χ3v) is 4.34. The van der Waals surface area contributed by atoms with Crippen LogP contribution >= 0.6 is 24.0 Å². The Balaban J connectivity index is 0.00000392. The molecule has 0 amide bonds. The van der Waals surface area contributed by atoms with Crippen LogP contribution in [0.1, 0.15) is 36.5 Å². The van der Waals surface area contributed by atoms with Gasteiger partial charge in [0.05, 0.1) is 13.7 Å². The number of aryl methyl sites for hydroxylation is 2. The molecule has 156 valence electrons. The van der Waals surface area contributed by atoms with Crippen molar-refractivity contribution < 1.29 is 14.3 Å². The van der Waals surface area contributed by atoms with E-state index in [1.807, 2.05) is 26.8 Å². The lowest BCUT2D eigenvalue weighted by Gasteiger charge is -2.19. The van der Waals surface area contributed by atoms with Crippen molar-refractivity contribution in [3.63, 3.8) is 0 Å². The lowest BCUT2D eigenvalue weighted by Crippen LogP contribution is -2.39. The van der Waals surface area contributed by atoms with Crippen LogP contribution in [-0.4, -0.2) is 37.8 Å². The van der Waals surface area contributed by atoms with Crippen LogP contribution in [0.2, 0.25) is 0 Å². The van der Waals surface area contributed by atoms with Gasteiger partial charge >= 0.3 is 0 Å². The van der Waals surface area contributed by atoms with Crippen LogP contribution < -0.4 is 15.4 Å². The van der Waals surface area contributed by atoms with Crippen LogP contribution in [-0.2, 0) is 12.0 Å². The zero-order valence-corrected chi connectivity index (χ0v) is 19.7. The Labute approximate surface area is 184 Å². The van der Waals surface area contributed by atoms with Crippen LogP contribution in [0, 0.1) is 13.8 Å². The predicted octanol–water partition coefficient (Wildman–Crippen LogP) is 3.53. The van der Waals surface area contributed by atoms with E-state index >= 15 is 0 Å². The summed E-state index contributed by atoms with van der Waals surface area (Å²) in [4.78, 5) is 4.51. The molecule has 0 bridgehead atoms. The Morgan fingerprint density at radius 2 is 1.96 bits per heavy atom. The van der Waals surface area contributed by atoms with E-state index in [0.717, 1.165) is 36.6 Å². The van der Waals surface area contributed by atoms with Gasteiger partial charge in [-0.05, 0) is 63.4 Å². The number of aliphatic imine (C=N–C) groups is 1. The van der Waals surface area contributed by atoms with Gasteiger partial charge < -0.3 is 24.9 Å². The summed E-state index contributed by atoms with van der Waals surface area (Å²) in [7, 11) is 1.69. The number of guanidine groups is 1. The highest BCUT2D eigenvalue weighted by molar-refractivity contribution is 14.0. The van der Waals surface area contributed by atoms with E-state index in [4.69, 9.17) is 9.15 Å². The van der Waals surface area contributed by atoms with Gasteiger partial charge in [0, 0.05) is 13.1 Å². The molecule has 7 heteroatoms. The van der Waals surface area contributed by atoms with E-state index in [-0.39, 0.29) is 30.5 Å². The number of nitrogens with zero attached hydrogens (tertiary/aromatic N) is 1. The van der Waals surface area contributed by atoms with Crippen LogP contribution in [0.25, 0.3) is 0 Å². The van der Waals surface area contributed by atoms with Gasteiger partial charge in [0.1, 0.15) is 22.9 Å². The SMILES string of the molecule is CCNC(=NCC(C)(O)c1ccc(C)o1)NCCc1ccc(C)c(OC)c1.I. The second-order valence-corrected chi connectivity index (χ2v) is 6.86. The van der Waals surface area contributed by atoms with Crippen molar-refractivity contribution in [2.75, 3.05) is 26.7 Å². The zero-order chi connectivity index (χ0) is 19.9.